The SMILES string of the molecule is O=C(O)[C@H](CSC(c1ccccc1)(c1ccccc1)c1ccccc1)N[C@H](c1ccc(F)cc1)C(F)(F)F. The van der Waals surface area contributed by atoms with Crippen molar-refractivity contribution in [1.29, 1.82) is 0 Å². The molecule has 0 heterocycles. The third-order valence-corrected chi connectivity index (χ3v) is 7.84. The molecule has 0 aliphatic carbocycles. The maximum absolute atomic E-state index is 14.0. The van der Waals surface area contributed by atoms with E-state index in [0.29, 0.717) is 0 Å². The number of hydrogen-bond donors (Lipinski definition) is 2. The highest BCUT2D eigenvalue weighted by molar-refractivity contribution is 8.00. The van der Waals surface area contributed by atoms with E-state index in [-0.39, 0.29) is 11.3 Å². The second-order valence-electron chi connectivity index (χ2n) is 8.67. The average Bonchev–Trinajstić information content (AvgIpc) is 2.92. The van der Waals surface area contributed by atoms with Crippen molar-refractivity contribution in [2.24, 2.45) is 0 Å². The average molecular weight is 540 g/mol. The second kappa shape index (κ2) is 11.8. The molecule has 0 spiro atoms. The van der Waals surface area contributed by atoms with Crippen LogP contribution in [0.15, 0.2) is 115 Å². The van der Waals surface area contributed by atoms with Crippen molar-refractivity contribution in [3.8, 4) is 0 Å². The van der Waals surface area contributed by atoms with E-state index >= 15 is 0 Å². The van der Waals surface area contributed by atoms with E-state index in [1.807, 2.05) is 91.0 Å². The van der Waals surface area contributed by atoms with Crippen LogP contribution in [0.4, 0.5) is 17.6 Å². The molecule has 0 fully saturated rings. The van der Waals surface area contributed by atoms with Crippen LogP contribution >= 0.6 is 11.8 Å². The molecular weight excluding hydrogens is 514 g/mol. The molecule has 2 atom stereocenters. The quantitative estimate of drug-likeness (QED) is 0.165. The molecule has 3 nitrogen and oxygen atoms in total. The predicted octanol–water partition coefficient (Wildman–Crippen LogP) is 7.20. The number of aliphatic carboxylic acids is 1. The summed E-state index contributed by atoms with van der Waals surface area (Å²) in [4.78, 5) is 12.3. The van der Waals surface area contributed by atoms with Gasteiger partial charge in [0.2, 0.25) is 0 Å². The first-order chi connectivity index (χ1) is 18.2. The minimum atomic E-state index is -4.80. The highest BCUT2D eigenvalue weighted by Gasteiger charge is 2.44. The van der Waals surface area contributed by atoms with Gasteiger partial charge in [-0.1, -0.05) is 103 Å². The summed E-state index contributed by atoms with van der Waals surface area (Å²) < 4.78 is 54.6. The summed E-state index contributed by atoms with van der Waals surface area (Å²) in [5.74, 6) is -2.29. The minimum Gasteiger partial charge on any atom is -0.480 e. The number of benzene rings is 4. The van der Waals surface area contributed by atoms with Crippen LogP contribution in [0.3, 0.4) is 0 Å². The Morgan fingerprint density at radius 3 is 1.53 bits per heavy atom. The largest absolute Gasteiger partial charge is 0.480 e. The first-order valence-corrected chi connectivity index (χ1v) is 12.8. The van der Waals surface area contributed by atoms with Gasteiger partial charge < -0.3 is 5.11 Å². The van der Waals surface area contributed by atoms with Crippen molar-refractivity contribution in [3.05, 3.63) is 143 Å². The standard InChI is InChI=1S/C30H25F4NO2S/c31-25-18-16-21(17-19-25)27(30(32,33)34)35-26(28(36)37)20-38-29(22-10-4-1-5-11-22,23-12-6-2-7-13-23)24-14-8-3-9-15-24/h1-19,26-27,35H,20H2,(H,36,37)/t26-,27+/m0/s1. The van der Waals surface area contributed by atoms with E-state index in [2.05, 4.69) is 5.32 Å². The van der Waals surface area contributed by atoms with Gasteiger partial charge >= 0.3 is 12.1 Å². The van der Waals surface area contributed by atoms with E-state index in [9.17, 15) is 27.5 Å². The van der Waals surface area contributed by atoms with Crippen molar-refractivity contribution in [2.45, 2.75) is 23.0 Å². The Labute approximate surface area is 222 Å². The van der Waals surface area contributed by atoms with Gasteiger partial charge in [-0.2, -0.15) is 13.2 Å². The number of alkyl halides is 3. The number of carboxylic acid groups (broad SMARTS) is 1. The molecule has 4 aromatic rings. The predicted molar refractivity (Wildman–Crippen MR) is 141 cm³/mol. The molecule has 0 saturated carbocycles. The molecule has 8 heteroatoms. The normalized spacial score (nSPS) is 13.6. The summed E-state index contributed by atoms with van der Waals surface area (Å²) in [5.41, 5.74) is 2.31. The third kappa shape index (κ3) is 6.09. The number of hydrogen-bond acceptors (Lipinski definition) is 3. The van der Waals surface area contributed by atoms with Crippen molar-refractivity contribution in [2.75, 3.05) is 5.75 Å². The smallest absolute Gasteiger partial charge is 0.407 e. The van der Waals surface area contributed by atoms with Gasteiger partial charge in [-0.15, -0.1) is 11.8 Å². The fraction of sp³-hybridized carbons (Fsp3) is 0.167. The van der Waals surface area contributed by atoms with Gasteiger partial charge in [-0.25, -0.2) is 4.39 Å². The highest BCUT2D eigenvalue weighted by Crippen LogP contribution is 2.48. The Balaban J connectivity index is 1.75. The Morgan fingerprint density at radius 1 is 0.737 bits per heavy atom. The molecule has 0 bridgehead atoms. The zero-order chi connectivity index (χ0) is 27.2. The number of thioether (sulfide) groups is 1. The van der Waals surface area contributed by atoms with Crippen molar-refractivity contribution in [3.63, 3.8) is 0 Å². The van der Waals surface area contributed by atoms with Crippen LogP contribution in [0.5, 0.6) is 0 Å². The lowest BCUT2D eigenvalue weighted by atomic mass is 9.84. The number of rotatable bonds is 10. The molecule has 0 unspecified atom stereocenters. The summed E-state index contributed by atoms with van der Waals surface area (Å²) in [6.07, 6.45) is -4.80. The van der Waals surface area contributed by atoms with Gasteiger partial charge in [0, 0.05) is 5.75 Å². The van der Waals surface area contributed by atoms with E-state index in [0.717, 1.165) is 41.0 Å². The van der Waals surface area contributed by atoms with Crippen LogP contribution in [0, 0.1) is 5.82 Å². The molecular formula is C30H25F4NO2S. The monoisotopic (exact) mass is 539 g/mol. The lowest BCUT2D eigenvalue weighted by molar-refractivity contribution is -0.162. The molecule has 0 saturated heterocycles. The van der Waals surface area contributed by atoms with Gasteiger partial charge in [-0.3, -0.25) is 10.1 Å². The molecule has 38 heavy (non-hydrogen) atoms. The van der Waals surface area contributed by atoms with Gasteiger partial charge in [0.25, 0.3) is 0 Å². The van der Waals surface area contributed by atoms with Crippen molar-refractivity contribution >= 4 is 17.7 Å². The molecule has 196 valence electrons. The summed E-state index contributed by atoms with van der Waals surface area (Å²) in [6.45, 7) is 0. The van der Waals surface area contributed by atoms with E-state index in [4.69, 9.17) is 0 Å². The van der Waals surface area contributed by atoms with Crippen molar-refractivity contribution in [1.82, 2.24) is 5.32 Å². The number of nitrogens with one attached hydrogen (secondary N) is 1. The maximum Gasteiger partial charge on any atom is 0.407 e. The van der Waals surface area contributed by atoms with Crippen LogP contribution in [0.1, 0.15) is 28.3 Å². The van der Waals surface area contributed by atoms with Gasteiger partial charge in [0.1, 0.15) is 17.9 Å². The third-order valence-electron chi connectivity index (χ3n) is 6.20. The molecule has 0 radical (unpaired) electrons. The first kappa shape index (κ1) is 27.4. The van der Waals surface area contributed by atoms with Crippen molar-refractivity contribution < 1.29 is 27.5 Å². The van der Waals surface area contributed by atoms with Crippen LogP contribution in [-0.2, 0) is 9.54 Å². The number of halogens is 4. The zero-order valence-corrected chi connectivity index (χ0v) is 20.9. The summed E-state index contributed by atoms with van der Waals surface area (Å²) in [7, 11) is 0. The molecule has 4 aromatic carbocycles. The lowest BCUT2D eigenvalue weighted by Gasteiger charge is -2.36. The maximum atomic E-state index is 14.0. The first-order valence-electron chi connectivity index (χ1n) is 11.8. The second-order valence-corrected chi connectivity index (χ2v) is 9.91. The molecule has 0 aliphatic heterocycles. The fourth-order valence-electron chi connectivity index (χ4n) is 4.40. The van der Waals surface area contributed by atoms with Crippen LogP contribution in [-0.4, -0.2) is 29.0 Å². The molecule has 2 N–H and O–H groups in total. The Morgan fingerprint density at radius 2 is 1.16 bits per heavy atom. The minimum absolute atomic E-state index is 0.193. The molecule has 0 aliphatic rings. The van der Waals surface area contributed by atoms with Crippen LogP contribution in [0.2, 0.25) is 0 Å². The number of carbonyl (C=O) groups is 1. The highest BCUT2D eigenvalue weighted by atomic mass is 32.2. The lowest BCUT2D eigenvalue weighted by Crippen LogP contribution is -2.46. The number of carboxylic acids is 1. The van der Waals surface area contributed by atoms with Gasteiger partial charge in [0.05, 0.1) is 4.75 Å². The van der Waals surface area contributed by atoms with Crippen LogP contribution in [0.25, 0.3) is 0 Å². The molecule has 4 rings (SSSR count). The Kier molecular flexibility index (Phi) is 8.54. The molecule has 0 aromatic heterocycles. The van der Waals surface area contributed by atoms with E-state index < -0.39 is 34.8 Å². The summed E-state index contributed by atoms with van der Waals surface area (Å²) >= 11 is 1.24. The summed E-state index contributed by atoms with van der Waals surface area (Å²) in [6, 6.07) is 28.4. The Bertz CT molecular complexity index is 1220. The van der Waals surface area contributed by atoms with E-state index in [1.54, 1.807) is 0 Å². The topological polar surface area (TPSA) is 49.3 Å². The van der Waals surface area contributed by atoms with Gasteiger partial charge in [0.15, 0.2) is 0 Å². The van der Waals surface area contributed by atoms with E-state index in [1.165, 1.54) is 11.8 Å². The summed E-state index contributed by atoms with van der Waals surface area (Å²) in [5, 5.41) is 12.3. The Hall–Kier alpha value is -3.62. The van der Waals surface area contributed by atoms with Gasteiger partial charge in [-0.05, 0) is 34.4 Å². The zero-order valence-electron chi connectivity index (χ0n) is 20.1. The fourth-order valence-corrected chi connectivity index (χ4v) is 5.97. The van der Waals surface area contributed by atoms with Crippen LogP contribution < -0.4 is 5.32 Å². The molecule has 0 amide bonds.